The molecular weight excluding hydrogens is 264 g/mol. The van der Waals surface area contributed by atoms with E-state index in [1.807, 2.05) is 18.2 Å². The summed E-state index contributed by atoms with van der Waals surface area (Å²) >= 11 is 0. The molecule has 0 radical (unpaired) electrons. The summed E-state index contributed by atoms with van der Waals surface area (Å²) in [6.45, 7) is 2.78. The van der Waals surface area contributed by atoms with Gasteiger partial charge in [-0.25, -0.2) is 0 Å². The van der Waals surface area contributed by atoms with E-state index in [-0.39, 0.29) is 5.91 Å². The van der Waals surface area contributed by atoms with E-state index in [2.05, 4.69) is 10.6 Å². The Labute approximate surface area is 126 Å². The highest BCUT2D eigenvalue weighted by atomic mass is 16.5. The molecule has 1 aromatic rings. The maximum atomic E-state index is 11.7. The largest absolute Gasteiger partial charge is 0.479 e. The van der Waals surface area contributed by atoms with Crippen molar-refractivity contribution in [3.05, 3.63) is 18.2 Å². The topological polar surface area (TPSA) is 50.4 Å². The number of hydrogen-bond donors (Lipinski definition) is 2. The van der Waals surface area contributed by atoms with Gasteiger partial charge in [-0.05, 0) is 43.9 Å². The molecule has 4 heteroatoms. The number of nitrogens with one attached hydrogen (secondary N) is 2. The second-order valence-electron chi connectivity index (χ2n) is 6.20. The Kier molecular flexibility index (Phi) is 4.32. The molecule has 0 aromatic heterocycles. The van der Waals surface area contributed by atoms with Gasteiger partial charge in [0.2, 0.25) is 0 Å². The van der Waals surface area contributed by atoms with Gasteiger partial charge in [-0.2, -0.15) is 0 Å². The van der Waals surface area contributed by atoms with Crippen LogP contribution in [0.2, 0.25) is 0 Å². The summed E-state index contributed by atoms with van der Waals surface area (Å²) in [5.74, 6) is 1.44. The number of carbonyl (C=O) groups excluding carboxylic acids is 1. The zero-order valence-corrected chi connectivity index (χ0v) is 12.7. The second kappa shape index (κ2) is 6.37. The number of benzene rings is 1. The van der Waals surface area contributed by atoms with Crippen LogP contribution in [-0.2, 0) is 4.79 Å². The number of anilines is 2. The molecule has 0 spiro atoms. The van der Waals surface area contributed by atoms with Crippen molar-refractivity contribution in [1.29, 1.82) is 0 Å². The first-order valence-electron chi connectivity index (χ1n) is 8.08. The quantitative estimate of drug-likeness (QED) is 0.832. The van der Waals surface area contributed by atoms with Crippen LogP contribution >= 0.6 is 0 Å². The van der Waals surface area contributed by atoms with Gasteiger partial charge in [0.05, 0.1) is 5.69 Å². The lowest BCUT2D eigenvalue weighted by Crippen LogP contribution is -2.34. The molecule has 1 heterocycles. The minimum atomic E-state index is -0.415. The lowest BCUT2D eigenvalue weighted by molar-refractivity contribution is -0.122. The van der Waals surface area contributed by atoms with Gasteiger partial charge in [0, 0.05) is 12.2 Å². The van der Waals surface area contributed by atoms with Gasteiger partial charge in [-0.3, -0.25) is 4.79 Å². The average Bonchev–Trinajstić information content (AvgIpc) is 2.75. The fourth-order valence-corrected chi connectivity index (χ4v) is 3.15. The smallest absolute Gasteiger partial charge is 0.265 e. The van der Waals surface area contributed by atoms with Crippen molar-refractivity contribution >= 4 is 17.3 Å². The molecule has 1 atom stereocenters. The van der Waals surface area contributed by atoms with Crippen molar-refractivity contribution in [2.24, 2.45) is 5.92 Å². The third-order valence-corrected chi connectivity index (χ3v) is 4.48. The number of amides is 1. The molecule has 3 rings (SSSR count). The Balaban J connectivity index is 1.61. The lowest BCUT2D eigenvalue weighted by Gasteiger charge is -2.24. The molecule has 2 N–H and O–H groups in total. The Bertz CT molecular complexity index is 508. The zero-order valence-electron chi connectivity index (χ0n) is 12.7. The van der Waals surface area contributed by atoms with Crippen LogP contribution < -0.4 is 15.4 Å². The molecule has 1 amide bonds. The van der Waals surface area contributed by atoms with Crippen molar-refractivity contribution in [2.45, 2.75) is 51.6 Å². The van der Waals surface area contributed by atoms with Crippen LogP contribution in [0, 0.1) is 5.92 Å². The van der Waals surface area contributed by atoms with Crippen molar-refractivity contribution in [3.8, 4) is 5.75 Å². The van der Waals surface area contributed by atoms with Crippen molar-refractivity contribution in [2.75, 3.05) is 17.2 Å². The van der Waals surface area contributed by atoms with E-state index in [0.29, 0.717) is 0 Å². The van der Waals surface area contributed by atoms with E-state index in [9.17, 15) is 4.79 Å². The summed E-state index contributed by atoms with van der Waals surface area (Å²) in [5.41, 5.74) is 1.82. The van der Waals surface area contributed by atoms with Gasteiger partial charge in [0.1, 0.15) is 5.75 Å². The van der Waals surface area contributed by atoms with E-state index in [1.165, 1.54) is 38.5 Å². The van der Waals surface area contributed by atoms with Crippen LogP contribution in [0.25, 0.3) is 0 Å². The summed E-state index contributed by atoms with van der Waals surface area (Å²) in [4.78, 5) is 11.7. The average molecular weight is 288 g/mol. The van der Waals surface area contributed by atoms with E-state index >= 15 is 0 Å². The highest BCUT2D eigenvalue weighted by Crippen LogP contribution is 2.32. The van der Waals surface area contributed by atoms with E-state index in [4.69, 9.17) is 4.74 Å². The second-order valence-corrected chi connectivity index (χ2v) is 6.20. The van der Waals surface area contributed by atoms with Crippen molar-refractivity contribution in [1.82, 2.24) is 0 Å². The molecule has 0 saturated heterocycles. The Morgan fingerprint density at radius 2 is 2.00 bits per heavy atom. The number of rotatable bonds is 3. The molecule has 1 aliphatic heterocycles. The van der Waals surface area contributed by atoms with Gasteiger partial charge in [0.15, 0.2) is 6.10 Å². The van der Waals surface area contributed by atoms with Crippen molar-refractivity contribution < 1.29 is 9.53 Å². The SMILES string of the molecule is CC1Oc2ccc(NCC3CCCCCC3)cc2NC1=O. The Morgan fingerprint density at radius 3 is 2.76 bits per heavy atom. The monoisotopic (exact) mass is 288 g/mol. The Morgan fingerprint density at radius 1 is 1.24 bits per heavy atom. The maximum Gasteiger partial charge on any atom is 0.265 e. The van der Waals surface area contributed by atoms with Gasteiger partial charge >= 0.3 is 0 Å². The summed E-state index contributed by atoms with van der Waals surface area (Å²) in [6, 6.07) is 5.93. The molecule has 0 bridgehead atoms. The highest BCUT2D eigenvalue weighted by Gasteiger charge is 2.23. The zero-order chi connectivity index (χ0) is 14.7. The van der Waals surface area contributed by atoms with Crippen LogP contribution in [0.5, 0.6) is 5.75 Å². The third kappa shape index (κ3) is 3.49. The molecule has 1 aliphatic carbocycles. The fraction of sp³-hybridized carbons (Fsp3) is 0.588. The summed E-state index contributed by atoms with van der Waals surface area (Å²) in [6.07, 6.45) is 7.73. The Hall–Kier alpha value is -1.71. The predicted molar refractivity (Wildman–Crippen MR) is 84.8 cm³/mol. The molecule has 21 heavy (non-hydrogen) atoms. The van der Waals surface area contributed by atoms with E-state index < -0.39 is 6.10 Å². The first kappa shape index (κ1) is 14.2. The van der Waals surface area contributed by atoms with Crippen LogP contribution in [-0.4, -0.2) is 18.6 Å². The fourth-order valence-electron chi connectivity index (χ4n) is 3.15. The number of carbonyl (C=O) groups is 1. The van der Waals surface area contributed by atoms with Gasteiger partial charge in [-0.1, -0.05) is 25.7 Å². The summed E-state index contributed by atoms with van der Waals surface area (Å²) in [5, 5.41) is 6.41. The standard InChI is InChI=1S/C17H24N2O2/c1-12-17(20)19-15-10-14(8-9-16(15)21-12)18-11-13-6-4-2-3-5-7-13/h8-10,12-13,18H,2-7,11H2,1H3,(H,19,20). The first-order chi connectivity index (χ1) is 10.2. The van der Waals surface area contributed by atoms with E-state index in [1.54, 1.807) is 6.92 Å². The summed E-state index contributed by atoms with van der Waals surface area (Å²) in [7, 11) is 0. The first-order valence-corrected chi connectivity index (χ1v) is 8.08. The van der Waals surface area contributed by atoms with Crippen molar-refractivity contribution in [3.63, 3.8) is 0 Å². The maximum absolute atomic E-state index is 11.7. The molecular formula is C17H24N2O2. The van der Waals surface area contributed by atoms with Crippen LogP contribution in [0.1, 0.15) is 45.4 Å². The van der Waals surface area contributed by atoms with Gasteiger partial charge in [-0.15, -0.1) is 0 Å². The predicted octanol–water partition coefficient (Wildman–Crippen LogP) is 3.79. The normalized spacial score (nSPS) is 22.7. The summed E-state index contributed by atoms with van der Waals surface area (Å²) < 4.78 is 5.57. The minimum Gasteiger partial charge on any atom is -0.479 e. The lowest BCUT2D eigenvalue weighted by atomic mass is 10.0. The minimum absolute atomic E-state index is 0.0802. The van der Waals surface area contributed by atoms with Crippen LogP contribution in [0.15, 0.2) is 18.2 Å². The molecule has 1 aromatic carbocycles. The molecule has 2 aliphatic rings. The number of hydrogen-bond acceptors (Lipinski definition) is 3. The molecule has 1 saturated carbocycles. The molecule has 114 valence electrons. The van der Waals surface area contributed by atoms with Gasteiger partial charge in [0.25, 0.3) is 5.91 Å². The molecule has 1 unspecified atom stereocenters. The molecule has 1 fully saturated rings. The van der Waals surface area contributed by atoms with E-state index in [0.717, 1.165) is 29.6 Å². The van der Waals surface area contributed by atoms with Crippen LogP contribution in [0.4, 0.5) is 11.4 Å². The highest BCUT2D eigenvalue weighted by molar-refractivity contribution is 5.98. The molecule has 4 nitrogen and oxygen atoms in total. The third-order valence-electron chi connectivity index (χ3n) is 4.48. The number of fused-ring (bicyclic) bond motifs is 1. The van der Waals surface area contributed by atoms with Gasteiger partial charge < -0.3 is 15.4 Å². The van der Waals surface area contributed by atoms with Crippen LogP contribution in [0.3, 0.4) is 0 Å². The number of ether oxygens (including phenoxy) is 1.